The van der Waals surface area contributed by atoms with Gasteiger partial charge in [0.05, 0.1) is 0 Å². The first-order chi connectivity index (χ1) is 6.34. The third-order valence-electron chi connectivity index (χ3n) is 2.60. The minimum Gasteiger partial charge on any atom is -0.343 e. The quantitative estimate of drug-likeness (QED) is 0.607. The summed E-state index contributed by atoms with van der Waals surface area (Å²) < 4.78 is 0. The highest BCUT2D eigenvalue weighted by molar-refractivity contribution is 5.81. The highest BCUT2D eigenvalue weighted by Crippen LogP contribution is 2.27. The summed E-state index contributed by atoms with van der Waals surface area (Å²) >= 11 is 0. The van der Waals surface area contributed by atoms with Crippen LogP contribution >= 0.6 is 0 Å². The lowest BCUT2D eigenvalue weighted by Crippen LogP contribution is -2.19. The molecular formula is C9H10N4. The molecule has 4 heteroatoms. The molecule has 1 aliphatic rings. The first kappa shape index (κ1) is 7.03. The molecule has 4 nitrogen and oxygen atoms in total. The molecular weight excluding hydrogens is 164 g/mol. The molecule has 0 aromatic carbocycles. The Morgan fingerprint density at radius 2 is 2.38 bits per heavy atom. The van der Waals surface area contributed by atoms with Crippen molar-refractivity contribution in [2.24, 2.45) is 5.73 Å². The molecule has 0 bridgehead atoms. The average molecular weight is 174 g/mol. The summed E-state index contributed by atoms with van der Waals surface area (Å²) in [5.74, 6) is 0. The Labute approximate surface area is 75.2 Å². The molecule has 0 fully saturated rings. The minimum atomic E-state index is 0.269. The van der Waals surface area contributed by atoms with Crippen molar-refractivity contribution in [2.75, 3.05) is 0 Å². The van der Waals surface area contributed by atoms with Gasteiger partial charge in [-0.2, -0.15) is 0 Å². The predicted molar refractivity (Wildman–Crippen MR) is 49.3 cm³/mol. The maximum Gasteiger partial charge on any atom is 0.141 e. The third kappa shape index (κ3) is 0.890. The number of H-pyrrole nitrogens is 1. The van der Waals surface area contributed by atoms with Gasteiger partial charge in [0.25, 0.3) is 0 Å². The van der Waals surface area contributed by atoms with Crippen LogP contribution in [0.25, 0.3) is 11.0 Å². The molecule has 3 N–H and O–H groups in total. The molecule has 1 atom stereocenters. The van der Waals surface area contributed by atoms with Gasteiger partial charge in [-0.05, 0) is 12.0 Å². The molecule has 0 saturated heterocycles. The third-order valence-corrected chi connectivity index (χ3v) is 2.60. The zero-order valence-electron chi connectivity index (χ0n) is 7.12. The van der Waals surface area contributed by atoms with E-state index in [1.54, 1.807) is 6.33 Å². The number of hydrogen-bond acceptors (Lipinski definition) is 3. The number of rotatable bonds is 0. The molecule has 2 aromatic heterocycles. The van der Waals surface area contributed by atoms with E-state index >= 15 is 0 Å². The highest BCUT2D eigenvalue weighted by atomic mass is 14.9. The van der Waals surface area contributed by atoms with E-state index < -0.39 is 0 Å². The smallest absolute Gasteiger partial charge is 0.141 e. The topological polar surface area (TPSA) is 67.6 Å². The second-order valence-corrected chi connectivity index (χ2v) is 3.54. The number of nitrogens with one attached hydrogen (secondary N) is 1. The summed E-state index contributed by atoms with van der Waals surface area (Å²) in [6.45, 7) is 0. The Morgan fingerprint density at radius 3 is 3.31 bits per heavy atom. The molecule has 1 unspecified atom stereocenters. The maximum atomic E-state index is 5.86. The van der Waals surface area contributed by atoms with Crippen molar-refractivity contribution in [1.29, 1.82) is 0 Å². The summed E-state index contributed by atoms with van der Waals surface area (Å²) in [5, 5.41) is 1.13. The molecule has 3 rings (SSSR count). The molecule has 13 heavy (non-hydrogen) atoms. The van der Waals surface area contributed by atoms with Gasteiger partial charge >= 0.3 is 0 Å². The fraction of sp³-hybridized carbons (Fsp3) is 0.333. The number of aromatic nitrogens is 3. The van der Waals surface area contributed by atoms with Crippen LogP contribution < -0.4 is 5.73 Å². The number of nitrogens with two attached hydrogens (primary N) is 1. The number of nitrogens with zero attached hydrogens (tertiary/aromatic N) is 2. The molecule has 1 aliphatic carbocycles. The summed E-state index contributed by atoms with van der Waals surface area (Å²) in [5.41, 5.74) is 9.34. The van der Waals surface area contributed by atoms with Crippen molar-refractivity contribution >= 4 is 11.0 Å². The Hall–Kier alpha value is -1.42. The van der Waals surface area contributed by atoms with Gasteiger partial charge in [-0.15, -0.1) is 0 Å². The standard InChI is InChI=1S/C9H10N4/c10-5-1-6-7-3-11-4-12-9(7)13-8(6)2-5/h3-5H,1-2,10H2,(H,11,12,13). The lowest BCUT2D eigenvalue weighted by atomic mass is 10.2. The minimum absolute atomic E-state index is 0.269. The summed E-state index contributed by atoms with van der Waals surface area (Å²) in [6, 6.07) is 0.269. The van der Waals surface area contributed by atoms with E-state index in [1.807, 2.05) is 6.20 Å². The van der Waals surface area contributed by atoms with Gasteiger partial charge in [0.15, 0.2) is 0 Å². The van der Waals surface area contributed by atoms with Crippen molar-refractivity contribution in [3.05, 3.63) is 23.8 Å². The molecule has 66 valence electrons. The number of fused-ring (bicyclic) bond motifs is 3. The Morgan fingerprint density at radius 1 is 1.46 bits per heavy atom. The van der Waals surface area contributed by atoms with E-state index in [-0.39, 0.29) is 6.04 Å². The van der Waals surface area contributed by atoms with E-state index in [9.17, 15) is 0 Å². The first-order valence-electron chi connectivity index (χ1n) is 4.39. The van der Waals surface area contributed by atoms with Crippen LogP contribution in [0.15, 0.2) is 12.5 Å². The SMILES string of the molecule is NC1Cc2[nH]c3ncncc3c2C1. The van der Waals surface area contributed by atoms with Crippen LogP contribution in [0, 0.1) is 0 Å². The van der Waals surface area contributed by atoms with Crippen molar-refractivity contribution < 1.29 is 0 Å². The van der Waals surface area contributed by atoms with Gasteiger partial charge in [0.2, 0.25) is 0 Å². The molecule has 0 saturated carbocycles. The first-order valence-corrected chi connectivity index (χ1v) is 4.39. The molecule has 0 spiro atoms. The van der Waals surface area contributed by atoms with Crippen LogP contribution in [-0.2, 0) is 12.8 Å². The molecule has 0 radical (unpaired) electrons. The van der Waals surface area contributed by atoms with Gasteiger partial charge < -0.3 is 10.7 Å². The van der Waals surface area contributed by atoms with Crippen molar-refractivity contribution in [1.82, 2.24) is 15.0 Å². The average Bonchev–Trinajstić information content (AvgIpc) is 2.60. The van der Waals surface area contributed by atoms with Gasteiger partial charge in [-0.1, -0.05) is 0 Å². The largest absolute Gasteiger partial charge is 0.343 e. The van der Waals surface area contributed by atoms with Gasteiger partial charge in [-0.3, -0.25) is 0 Å². The zero-order valence-corrected chi connectivity index (χ0v) is 7.12. The van der Waals surface area contributed by atoms with Gasteiger partial charge in [0, 0.05) is 29.7 Å². The molecule has 0 aliphatic heterocycles. The van der Waals surface area contributed by atoms with E-state index in [1.165, 1.54) is 11.3 Å². The Balaban J connectivity index is 2.31. The van der Waals surface area contributed by atoms with E-state index in [2.05, 4.69) is 15.0 Å². The van der Waals surface area contributed by atoms with Gasteiger partial charge in [0.1, 0.15) is 12.0 Å². The molecule has 0 amide bonds. The van der Waals surface area contributed by atoms with Crippen LogP contribution in [0.5, 0.6) is 0 Å². The normalized spacial score (nSPS) is 20.8. The van der Waals surface area contributed by atoms with Crippen molar-refractivity contribution in [2.45, 2.75) is 18.9 Å². The van der Waals surface area contributed by atoms with Crippen LogP contribution in [0.3, 0.4) is 0 Å². The number of hydrogen-bond donors (Lipinski definition) is 2. The second-order valence-electron chi connectivity index (χ2n) is 3.54. The Kier molecular flexibility index (Phi) is 1.24. The molecule has 2 aromatic rings. The molecule has 2 heterocycles. The zero-order chi connectivity index (χ0) is 8.84. The Bertz CT molecular complexity index is 460. The van der Waals surface area contributed by atoms with Crippen LogP contribution in [0.1, 0.15) is 11.3 Å². The van der Waals surface area contributed by atoms with Crippen LogP contribution in [0.2, 0.25) is 0 Å². The van der Waals surface area contributed by atoms with Crippen molar-refractivity contribution in [3.8, 4) is 0 Å². The maximum absolute atomic E-state index is 5.86. The summed E-state index contributed by atoms with van der Waals surface area (Å²) in [4.78, 5) is 11.5. The summed E-state index contributed by atoms with van der Waals surface area (Å²) in [7, 11) is 0. The lowest BCUT2D eigenvalue weighted by molar-refractivity contribution is 0.715. The van der Waals surface area contributed by atoms with Crippen LogP contribution in [0.4, 0.5) is 0 Å². The monoisotopic (exact) mass is 174 g/mol. The fourth-order valence-electron chi connectivity index (χ4n) is 2.03. The highest BCUT2D eigenvalue weighted by Gasteiger charge is 2.22. The van der Waals surface area contributed by atoms with Gasteiger partial charge in [-0.25, -0.2) is 9.97 Å². The lowest BCUT2D eigenvalue weighted by Gasteiger charge is -1.98. The van der Waals surface area contributed by atoms with E-state index in [0.717, 1.165) is 23.9 Å². The van der Waals surface area contributed by atoms with E-state index in [4.69, 9.17) is 5.73 Å². The predicted octanol–water partition coefficient (Wildman–Crippen LogP) is 0.384. The number of aromatic amines is 1. The van der Waals surface area contributed by atoms with Crippen LogP contribution in [-0.4, -0.2) is 21.0 Å². The second kappa shape index (κ2) is 2.29. The van der Waals surface area contributed by atoms with Crippen molar-refractivity contribution in [3.63, 3.8) is 0 Å². The van der Waals surface area contributed by atoms with E-state index in [0.29, 0.717) is 0 Å². The fourth-order valence-corrected chi connectivity index (χ4v) is 2.03. The summed E-state index contributed by atoms with van der Waals surface area (Å²) in [6.07, 6.45) is 5.30.